The first kappa shape index (κ1) is 20.6. The highest BCUT2D eigenvalue weighted by Gasteiger charge is 2.12. The molecule has 1 N–H and O–H groups in total. The Labute approximate surface area is 186 Å². The molecule has 0 spiro atoms. The number of benzene rings is 3. The molecule has 0 unspecified atom stereocenters. The van der Waals surface area contributed by atoms with Gasteiger partial charge in [0.1, 0.15) is 0 Å². The van der Waals surface area contributed by atoms with Gasteiger partial charge in [-0.1, -0.05) is 54.1 Å². The van der Waals surface area contributed by atoms with Crippen LogP contribution in [0.1, 0.15) is 16.7 Å². The maximum absolute atomic E-state index is 12.6. The molecule has 152 valence electrons. The van der Waals surface area contributed by atoms with Crippen LogP contribution in [0.4, 0.5) is 5.69 Å². The van der Waals surface area contributed by atoms with E-state index in [0.29, 0.717) is 5.75 Å². The van der Waals surface area contributed by atoms with Crippen molar-refractivity contribution in [3.63, 3.8) is 0 Å². The summed E-state index contributed by atoms with van der Waals surface area (Å²) >= 11 is 7.58. The molecule has 0 saturated carbocycles. The predicted octanol–water partition coefficient (Wildman–Crippen LogP) is 6.69. The molecule has 0 atom stereocenters. The number of carbonyl (C=O) groups excluding carboxylic acids is 1. The zero-order chi connectivity index (χ0) is 21.1. The average Bonchev–Trinajstić information content (AvgIpc) is 3.09. The van der Waals surface area contributed by atoms with Gasteiger partial charge in [-0.15, -0.1) is 11.8 Å². The molecule has 0 saturated heterocycles. The van der Waals surface area contributed by atoms with Crippen molar-refractivity contribution < 1.29 is 4.79 Å². The van der Waals surface area contributed by atoms with E-state index in [1.807, 2.05) is 55.5 Å². The highest BCUT2D eigenvalue weighted by atomic mass is 35.5. The van der Waals surface area contributed by atoms with Crippen LogP contribution in [0.5, 0.6) is 0 Å². The van der Waals surface area contributed by atoms with Crippen LogP contribution in [0.15, 0.2) is 77.8 Å². The molecular formula is C25H23ClN2OS. The van der Waals surface area contributed by atoms with Crippen LogP contribution in [-0.2, 0) is 11.3 Å². The Bertz CT molecular complexity index is 1200. The smallest absolute Gasteiger partial charge is 0.234 e. The number of carbonyl (C=O) groups is 1. The maximum atomic E-state index is 12.6. The van der Waals surface area contributed by atoms with E-state index < -0.39 is 0 Å². The number of halogens is 1. The Hall–Kier alpha value is -2.69. The molecule has 0 aliphatic rings. The van der Waals surface area contributed by atoms with Gasteiger partial charge in [0.2, 0.25) is 5.91 Å². The van der Waals surface area contributed by atoms with Crippen molar-refractivity contribution in [2.45, 2.75) is 25.3 Å². The Morgan fingerprint density at radius 3 is 2.57 bits per heavy atom. The van der Waals surface area contributed by atoms with Gasteiger partial charge in [0.15, 0.2) is 0 Å². The molecule has 0 aliphatic heterocycles. The third-order valence-corrected chi connectivity index (χ3v) is 6.55. The minimum atomic E-state index is 0.00299. The van der Waals surface area contributed by atoms with Gasteiger partial charge in [0, 0.05) is 39.3 Å². The molecule has 1 amide bonds. The number of aryl methyl sites for hydroxylation is 1. The van der Waals surface area contributed by atoms with E-state index in [9.17, 15) is 4.79 Å². The topological polar surface area (TPSA) is 34.0 Å². The summed E-state index contributed by atoms with van der Waals surface area (Å²) in [6.07, 6.45) is 2.13. The first-order chi connectivity index (χ1) is 14.5. The van der Waals surface area contributed by atoms with Crippen LogP contribution in [-0.4, -0.2) is 16.2 Å². The molecule has 5 heteroatoms. The zero-order valence-corrected chi connectivity index (χ0v) is 18.6. The molecule has 0 bridgehead atoms. The molecule has 0 radical (unpaired) electrons. The number of aromatic nitrogens is 1. The average molecular weight is 435 g/mol. The second kappa shape index (κ2) is 8.99. The van der Waals surface area contributed by atoms with Crippen LogP contribution in [0, 0.1) is 13.8 Å². The molecule has 1 aromatic heterocycles. The highest BCUT2D eigenvalue weighted by molar-refractivity contribution is 8.00. The summed E-state index contributed by atoms with van der Waals surface area (Å²) in [6.45, 7) is 4.84. The fourth-order valence-corrected chi connectivity index (χ4v) is 4.48. The molecule has 3 nitrogen and oxygen atoms in total. The maximum Gasteiger partial charge on any atom is 0.234 e. The number of rotatable bonds is 6. The molecule has 30 heavy (non-hydrogen) atoms. The lowest BCUT2D eigenvalue weighted by molar-refractivity contribution is -0.113. The number of amides is 1. The van der Waals surface area contributed by atoms with Crippen LogP contribution >= 0.6 is 23.4 Å². The summed E-state index contributed by atoms with van der Waals surface area (Å²) in [7, 11) is 0. The third-order valence-electron chi connectivity index (χ3n) is 5.26. The Morgan fingerprint density at radius 1 is 1.00 bits per heavy atom. The molecule has 3 aromatic carbocycles. The number of nitrogens with one attached hydrogen (secondary N) is 1. The van der Waals surface area contributed by atoms with Crippen molar-refractivity contribution >= 4 is 45.9 Å². The van der Waals surface area contributed by atoms with E-state index >= 15 is 0 Å². The van der Waals surface area contributed by atoms with Gasteiger partial charge in [0.05, 0.1) is 5.75 Å². The highest BCUT2D eigenvalue weighted by Crippen LogP contribution is 2.31. The quantitative estimate of drug-likeness (QED) is 0.343. The van der Waals surface area contributed by atoms with E-state index in [1.165, 1.54) is 11.1 Å². The number of anilines is 1. The molecule has 4 aromatic rings. The number of para-hydroxylation sites is 1. The lowest BCUT2D eigenvalue weighted by Crippen LogP contribution is -2.15. The Balaban J connectivity index is 1.51. The number of hydrogen-bond donors (Lipinski definition) is 1. The molecule has 1 heterocycles. The van der Waals surface area contributed by atoms with Gasteiger partial charge < -0.3 is 9.88 Å². The SMILES string of the molecule is Cc1cccc(NC(=O)CSc2cn(Cc3ccc(Cl)cc3)c3ccccc23)c1C. The van der Waals surface area contributed by atoms with E-state index in [-0.39, 0.29) is 5.91 Å². The second-order valence-corrected chi connectivity index (χ2v) is 8.80. The van der Waals surface area contributed by atoms with E-state index in [1.54, 1.807) is 11.8 Å². The second-order valence-electron chi connectivity index (χ2n) is 7.35. The van der Waals surface area contributed by atoms with Gasteiger partial charge in [0.25, 0.3) is 0 Å². The Kier molecular flexibility index (Phi) is 6.16. The molecule has 0 aliphatic carbocycles. The van der Waals surface area contributed by atoms with Gasteiger partial charge in [-0.25, -0.2) is 0 Å². The minimum absolute atomic E-state index is 0.00299. The summed E-state index contributed by atoms with van der Waals surface area (Å²) in [4.78, 5) is 13.7. The third kappa shape index (κ3) is 4.55. The fraction of sp³-hybridized carbons (Fsp3) is 0.160. The zero-order valence-electron chi connectivity index (χ0n) is 17.0. The van der Waals surface area contributed by atoms with Crippen molar-refractivity contribution in [2.24, 2.45) is 0 Å². The van der Waals surface area contributed by atoms with Crippen LogP contribution in [0.3, 0.4) is 0 Å². The first-order valence-corrected chi connectivity index (χ1v) is 11.2. The molecule has 0 fully saturated rings. The lowest BCUT2D eigenvalue weighted by atomic mass is 10.1. The fourth-order valence-electron chi connectivity index (χ4n) is 3.46. The number of nitrogens with zero attached hydrogens (tertiary/aromatic N) is 1. The monoisotopic (exact) mass is 434 g/mol. The summed E-state index contributed by atoms with van der Waals surface area (Å²) in [6, 6.07) is 22.2. The van der Waals surface area contributed by atoms with Crippen molar-refractivity contribution in [1.82, 2.24) is 4.57 Å². The van der Waals surface area contributed by atoms with Crippen molar-refractivity contribution in [3.05, 3.63) is 94.6 Å². The summed E-state index contributed by atoms with van der Waals surface area (Å²) < 4.78 is 2.23. The number of hydrogen-bond acceptors (Lipinski definition) is 2. The van der Waals surface area contributed by atoms with Gasteiger partial charge >= 0.3 is 0 Å². The van der Waals surface area contributed by atoms with Crippen molar-refractivity contribution in [1.29, 1.82) is 0 Å². The molecular weight excluding hydrogens is 412 g/mol. The number of thioether (sulfide) groups is 1. The van der Waals surface area contributed by atoms with Crippen molar-refractivity contribution in [2.75, 3.05) is 11.1 Å². The Morgan fingerprint density at radius 2 is 1.77 bits per heavy atom. The normalized spacial score (nSPS) is 11.0. The van der Waals surface area contributed by atoms with E-state index in [4.69, 9.17) is 11.6 Å². The number of fused-ring (bicyclic) bond motifs is 1. The van der Waals surface area contributed by atoms with Gasteiger partial charge in [-0.2, -0.15) is 0 Å². The van der Waals surface area contributed by atoms with Crippen molar-refractivity contribution in [3.8, 4) is 0 Å². The predicted molar refractivity (Wildman–Crippen MR) is 128 cm³/mol. The van der Waals surface area contributed by atoms with E-state index in [2.05, 4.69) is 41.2 Å². The lowest BCUT2D eigenvalue weighted by Gasteiger charge is -2.10. The van der Waals surface area contributed by atoms with E-state index in [0.717, 1.165) is 38.6 Å². The summed E-state index contributed by atoms with van der Waals surface area (Å²) in [5, 5.41) is 4.94. The van der Waals surface area contributed by atoms with Crippen LogP contribution in [0.25, 0.3) is 10.9 Å². The summed E-state index contributed by atoms with van der Waals surface area (Å²) in [5.74, 6) is 0.366. The van der Waals surface area contributed by atoms with Crippen LogP contribution < -0.4 is 5.32 Å². The first-order valence-electron chi connectivity index (χ1n) is 9.82. The summed E-state index contributed by atoms with van der Waals surface area (Å²) in [5.41, 5.74) is 5.50. The van der Waals surface area contributed by atoms with Crippen LogP contribution in [0.2, 0.25) is 5.02 Å². The standard InChI is InChI=1S/C25H23ClN2OS/c1-17-6-5-8-22(18(17)2)27-25(29)16-30-24-15-28(23-9-4-3-7-21(23)24)14-19-10-12-20(26)13-11-19/h3-13,15H,14,16H2,1-2H3,(H,27,29). The molecule has 4 rings (SSSR count). The largest absolute Gasteiger partial charge is 0.342 e. The van der Waals surface area contributed by atoms with Gasteiger partial charge in [-0.05, 0) is 54.8 Å². The minimum Gasteiger partial charge on any atom is -0.342 e. The van der Waals surface area contributed by atoms with Gasteiger partial charge in [-0.3, -0.25) is 4.79 Å².